The molecule has 1 aromatic heterocycles. The summed E-state index contributed by atoms with van der Waals surface area (Å²) in [5.41, 5.74) is 8.02. The third-order valence-electron chi connectivity index (χ3n) is 8.70. The Labute approximate surface area is 251 Å². The van der Waals surface area contributed by atoms with Crippen LogP contribution >= 0.6 is 0 Å². The summed E-state index contributed by atoms with van der Waals surface area (Å²) in [7, 11) is -3.09. The number of fused-ring (bicyclic) bond motifs is 1. The molecule has 3 aromatic rings. The second-order valence-electron chi connectivity index (χ2n) is 11.7. The van der Waals surface area contributed by atoms with Crippen molar-refractivity contribution < 1.29 is 27.5 Å². The fourth-order valence-electron chi connectivity index (χ4n) is 6.87. The van der Waals surface area contributed by atoms with E-state index in [1.54, 1.807) is 6.92 Å². The predicted octanol–water partition coefficient (Wildman–Crippen LogP) is 4.27. The molecule has 2 unspecified atom stereocenters. The largest absolute Gasteiger partial charge is 0.463 e. The van der Waals surface area contributed by atoms with Gasteiger partial charge < -0.3 is 19.8 Å². The van der Waals surface area contributed by atoms with Gasteiger partial charge in [-0.15, -0.1) is 0 Å². The van der Waals surface area contributed by atoms with Crippen LogP contribution in [-0.2, 0) is 28.9 Å². The Morgan fingerprint density at radius 2 is 1.81 bits per heavy atom. The van der Waals surface area contributed by atoms with Crippen LogP contribution in [0.2, 0.25) is 0 Å². The third kappa shape index (κ3) is 5.49. The number of H-pyrrole nitrogens is 1. The minimum Gasteiger partial charge on any atom is -0.463 e. The molecule has 226 valence electrons. The molecule has 3 aliphatic heterocycles. The SMILES string of the molecule is CCOC(=O)C1=C(CN2CCS(=O)(=O)CC2)NC2=C(C(=O)OC(c3c(C)cc(C)cc3C)C2)C1c1cccc2[nH]ccc12. The molecule has 0 radical (unpaired) electrons. The Morgan fingerprint density at radius 3 is 2.51 bits per heavy atom. The number of rotatable bonds is 6. The Bertz CT molecular complexity index is 1760. The van der Waals surface area contributed by atoms with E-state index in [0.29, 0.717) is 48.6 Å². The predicted molar refractivity (Wildman–Crippen MR) is 164 cm³/mol. The molecule has 0 spiro atoms. The second-order valence-corrected chi connectivity index (χ2v) is 14.0. The average molecular weight is 604 g/mol. The topological polar surface area (TPSA) is 118 Å². The summed E-state index contributed by atoms with van der Waals surface area (Å²) in [6.45, 7) is 9.08. The monoisotopic (exact) mass is 603 g/mol. The number of aromatic nitrogens is 1. The zero-order valence-corrected chi connectivity index (χ0v) is 25.8. The molecule has 0 amide bonds. The van der Waals surface area contributed by atoms with Gasteiger partial charge in [-0.3, -0.25) is 4.90 Å². The number of esters is 2. The number of sulfone groups is 1. The number of aryl methyl sites for hydroxylation is 3. The molecule has 9 nitrogen and oxygen atoms in total. The molecule has 3 aliphatic rings. The first-order chi connectivity index (χ1) is 20.6. The lowest BCUT2D eigenvalue weighted by atomic mass is 9.76. The molecule has 4 heterocycles. The molecule has 0 bridgehead atoms. The summed E-state index contributed by atoms with van der Waals surface area (Å²) in [6, 6.07) is 11.9. The number of dihydropyridines is 1. The summed E-state index contributed by atoms with van der Waals surface area (Å²) >= 11 is 0. The summed E-state index contributed by atoms with van der Waals surface area (Å²) in [5, 5.41) is 4.39. The van der Waals surface area contributed by atoms with Crippen LogP contribution < -0.4 is 5.32 Å². The Kier molecular flexibility index (Phi) is 7.68. The second kappa shape index (κ2) is 11.3. The van der Waals surface area contributed by atoms with Crippen LogP contribution in [0, 0.1) is 20.8 Å². The van der Waals surface area contributed by atoms with Gasteiger partial charge in [-0.05, 0) is 62.1 Å². The van der Waals surface area contributed by atoms with Crippen molar-refractivity contribution in [3.63, 3.8) is 0 Å². The van der Waals surface area contributed by atoms with E-state index in [2.05, 4.69) is 22.4 Å². The van der Waals surface area contributed by atoms with Gasteiger partial charge in [0.1, 0.15) is 6.10 Å². The fourth-order valence-corrected chi connectivity index (χ4v) is 8.15. The van der Waals surface area contributed by atoms with Gasteiger partial charge in [0.2, 0.25) is 0 Å². The molecule has 1 fully saturated rings. The number of benzene rings is 2. The fraction of sp³-hybridized carbons (Fsp3) is 0.394. The number of nitrogens with zero attached hydrogens (tertiary/aromatic N) is 1. The highest BCUT2D eigenvalue weighted by Gasteiger charge is 2.44. The van der Waals surface area contributed by atoms with Crippen LogP contribution in [-0.4, -0.2) is 68.0 Å². The maximum Gasteiger partial charge on any atom is 0.337 e. The molecule has 2 atom stereocenters. The van der Waals surface area contributed by atoms with Crippen LogP contribution in [0.25, 0.3) is 10.9 Å². The minimum atomic E-state index is -3.09. The van der Waals surface area contributed by atoms with Crippen LogP contribution in [0.3, 0.4) is 0 Å². The van der Waals surface area contributed by atoms with Gasteiger partial charge >= 0.3 is 11.9 Å². The highest BCUT2D eigenvalue weighted by molar-refractivity contribution is 7.91. The average Bonchev–Trinajstić information content (AvgIpc) is 3.42. The Hall–Kier alpha value is -3.89. The van der Waals surface area contributed by atoms with Crippen LogP contribution in [0.1, 0.15) is 53.2 Å². The summed E-state index contributed by atoms with van der Waals surface area (Å²) in [4.78, 5) is 33.1. The number of hydrogen-bond donors (Lipinski definition) is 2. The summed E-state index contributed by atoms with van der Waals surface area (Å²) in [6.07, 6.45) is 1.76. The van der Waals surface area contributed by atoms with Crippen molar-refractivity contribution in [3.8, 4) is 0 Å². The first-order valence-corrected chi connectivity index (χ1v) is 16.6. The van der Waals surface area contributed by atoms with E-state index in [1.807, 2.05) is 56.1 Å². The number of carbonyl (C=O) groups is 2. The van der Waals surface area contributed by atoms with E-state index in [4.69, 9.17) is 9.47 Å². The van der Waals surface area contributed by atoms with E-state index in [0.717, 1.165) is 38.7 Å². The molecule has 1 saturated heterocycles. The molecule has 43 heavy (non-hydrogen) atoms. The van der Waals surface area contributed by atoms with Crippen molar-refractivity contribution in [3.05, 3.63) is 93.0 Å². The van der Waals surface area contributed by atoms with E-state index in [9.17, 15) is 18.0 Å². The van der Waals surface area contributed by atoms with E-state index in [1.165, 1.54) is 0 Å². The molecular weight excluding hydrogens is 566 g/mol. The minimum absolute atomic E-state index is 0.0649. The van der Waals surface area contributed by atoms with E-state index < -0.39 is 33.8 Å². The maximum absolute atomic E-state index is 14.1. The van der Waals surface area contributed by atoms with Gasteiger partial charge in [-0.1, -0.05) is 29.8 Å². The highest BCUT2D eigenvalue weighted by atomic mass is 32.2. The van der Waals surface area contributed by atoms with Crippen molar-refractivity contribution in [2.45, 2.75) is 46.1 Å². The number of nitrogens with one attached hydrogen (secondary N) is 2. The molecular formula is C33H37N3O6S. The lowest BCUT2D eigenvalue weighted by molar-refractivity contribution is -0.147. The zero-order chi connectivity index (χ0) is 30.5. The van der Waals surface area contributed by atoms with E-state index >= 15 is 0 Å². The van der Waals surface area contributed by atoms with Gasteiger partial charge in [0.25, 0.3) is 0 Å². The van der Waals surface area contributed by atoms with Gasteiger partial charge in [-0.25, -0.2) is 18.0 Å². The standard InChI is InChI=1S/C33H37N3O6S/c1-5-41-32(37)31-26(18-36-11-13-43(39,40)14-12-36)35-25-17-27(28-20(3)15-19(2)16-21(28)4)42-33(38)30(25)29(31)23-7-6-8-24-22(23)9-10-34-24/h6-10,15-16,27,29,34-35H,5,11-14,17-18H2,1-4H3. The first kappa shape index (κ1) is 29.2. The summed E-state index contributed by atoms with van der Waals surface area (Å²) in [5.74, 6) is -1.59. The van der Waals surface area contributed by atoms with Gasteiger partial charge in [0.15, 0.2) is 9.84 Å². The maximum atomic E-state index is 14.1. The van der Waals surface area contributed by atoms with Crippen LogP contribution in [0.15, 0.2) is 65.1 Å². The Balaban J connectivity index is 1.50. The van der Waals surface area contributed by atoms with Crippen molar-refractivity contribution in [1.82, 2.24) is 15.2 Å². The molecule has 2 N–H and O–H groups in total. The molecule has 6 rings (SSSR count). The van der Waals surface area contributed by atoms with Crippen molar-refractivity contribution >= 4 is 32.7 Å². The van der Waals surface area contributed by atoms with Gasteiger partial charge in [-0.2, -0.15) is 0 Å². The van der Waals surface area contributed by atoms with Crippen LogP contribution in [0.4, 0.5) is 0 Å². The molecule has 2 aromatic carbocycles. The number of hydrogen-bond acceptors (Lipinski definition) is 8. The van der Waals surface area contributed by atoms with E-state index in [-0.39, 0.29) is 18.1 Å². The first-order valence-electron chi connectivity index (χ1n) is 14.7. The van der Waals surface area contributed by atoms with Crippen molar-refractivity contribution in [1.29, 1.82) is 0 Å². The van der Waals surface area contributed by atoms with Crippen molar-refractivity contribution in [2.75, 3.05) is 37.7 Å². The summed E-state index contributed by atoms with van der Waals surface area (Å²) < 4.78 is 36.1. The quantitative estimate of drug-likeness (QED) is 0.401. The highest BCUT2D eigenvalue weighted by Crippen LogP contribution is 2.47. The normalized spacial score (nSPS) is 22.3. The number of ether oxygens (including phenoxy) is 2. The molecule has 0 saturated carbocycles. The van der Waals surface area contributed by atoms with Crippen LogP contribution in [0.5, 0.6) is 0 Å². The lowest BCUT2D eigenvalue weighted by Crippen LogP contribution is -2.45. The molecule has 0 aliphatic carbocycles. The van der Waals surface area contributed by atoms with Gasteiger partial charge in [0.05, 0.1) is 35.2 Å². The Morgan fingerprint density at radius 1 is 1.09 bits per heavy atom. The zero-order valence-electron chi connectivity index (χ0n) is 25.0. The number of cyclic esters (lactones) is 1. The van der Waals surface area contributed by atoms with Crippen molar-refractivity contribution in [2.24, 2.45) is 0 Å². The van der Waals surface area contributed by atoms with Gasteiger partial charge in [0, 0.05) is 54.5 Å². The smallest absolute Gasteiger partial charge is 0.337 e. The third-order valence-corrected chi connectivity index (χ3v) is 10.3. The number of aromatic amines is 1. The lowest BCUT2D eigenvalue weighted by Gasteiger charge is -2.39. The number of carbonyl (C=O) groups excluding carboxylic acids is 2. The molecule has 10 heteroatoms.